The number of ether oxygens (including phenoxy) is 2. The van der Waals surface area contributed by atoms with Crippen molar-refractivity contribution in [1.82, 2.24) is 9.97 Å². The van der Waals surface area contributed by atoms with Crippen LogP contribution >= 0.6 is 0 Å². The molecule has 7 heteroatoms. The first kappa shape index (κ1) is 19.6. The lowest BCUT2D eigenvalue weighted by molar-refractivity contribution is 0.409. The summed E-state index contributed by atoms with van der Waals surface area (Å²) in [6, 6.07) is 12.9. The molecule has 0 bridgehead atoms. The van der Waals surface area contributed by atoms with Crippen LogP contribution in [-0.2, 0) is 0 Å². The van der Waals surface area contributed by atoms with E-state index < -0.39 is 11.6 Å². The molecule has 30 heavy (non-hydrogen) atoms. The van der Waals surface area contributed by atoms with Crippen molar-refractivity contribution in [1.29, 1.82) is 0 Å². The minimum atomic E-state index is -0.989. The van der Waals surface area contributed by atoms with Gasteiger partial charge in [-0.05, 0) is 38.1 Å². The number of methoxy groups -OCH3 is 1. The molecule has 0 saturated heterocycles. The Morgan fingerprint density at radius 3 is 2.57 bits per heavy atom. The molecule has 2 aromatic heterocycles. The van der Waals surface area contributed by atoms with Gasteiger partial charge in [-0.3, -0.25) is 4.79 Å². The quantitative estimate of drug-likeness (QED) is 0.499. The standard InChI is InChI=1S/C23H18F2N2O3/c1-12-10-18(28)22(29-3)21(26-12)15-11-14-6-4-5-7-17(14)27-23(15)30-19-9-8-16(24)20(25)13(19)2/h4-11H,1-3H3,(H,26,28). The van der Waals surface area contributed by atoms with Gasteiger partial charge in [-0.2, -0.15) is 0 Å². The Kier molecular flexibility index (Phi) is 4.95. The lowest BCUT2D eigenvalue weighted by Crippen LogP contribution is -2.09. The van der Waals surface area contributed by atoms with E-state index in [2.05, 4.69) is 9.97 Å². The molecule has 1 N–H and O–H groups in total. The van der Waals surface area contributed by atoms with Crippen LogP contribution in [0.5, 0.6) is 17.4 Å². The van der Waals surface area contributed by atoms with Gasteiger partial charge >= 0.3 is 0 Å². The number of hydrogen-bond acceptors (Lipinski definition) is 4. The lowest BCUT2D eigenvalue weighted by Gasteiger charge is -2.16. The predicted molar refractivity (Wildman–Crippen MR) is 110 cm³/mol. The molecule has 4 aromatic rings. The van der Waals surface area contributed by atoms with E-state index in [1.54, 1.807) is 19.1 Å². The number of aromatic amines is 1. The van der Waals surface area contributed by atoms with Crippen LogP contribution < -0.4 is 14.9 Å². The maximum absolute atomic E-state index is 14.1. The first-order valence-corrected chi connectivity index (χ1v) is 9.19. The fourth-order valence-electron chi connectivity index (χ4n) is 3.27. The largest absolute Gasteiger partial charge is 0.491 e. The smallest absolute Gasteiger partial charge is 0.229 e. The fourth-order valence-corrected chi connectivity index (χ4v) is 3.27. The van der Waals surface area contributed by atoms with Gasteiger partial charge < -0.3 is 14.5 Å². The molecular formula is C23H18F2N2O3. The van der Waals surface area contributed by atoms with Crippen LogP contribution in [0.15, 0.2) is 53.3 Å². The molecule has 0 radical (unpaired) electrons. The number of pyridine rings is 2. The molecule has 0 amide bonds. The number of hydrogen-bond donors (Lipinski definition) is 1. The highest BCUT2D eigenvalue weighted by Crippen LogP contribution is 2.38. The molecule has 0 aliphatic carbocycles. The molecule has 5 nitrogen and oxygen atoms in total. The average Bonchev–Trinajstić information content (AvgIpc) is 2.73. The molecule has 0 aliphatic rings. The summed E-state index contributed by atoms with van der Waals surface area (Å²) in [5.74, 6) is -1.61. The van der Waals surface area contributed by atoms with Gasteiger partial charge in [0.1, 0.15) is 5.75 Å². The van der Waals surface area contributed by atoms with Crippen molar-refractivity contribution in [3.8, 4) is 28.6 Å². The molecule has 2 aromatic carbocycles. The molecule has 152 valence electrons. The van der Waals surface area contributed by atoms with Crippen LogP contribution in [0.4, 0.5) is 8.78 Å². The van der Waals surface area contributed by atoms with Crippen LogP contribution in [-0.4, -0.2) is 17.1 Å². The summed E-state index contributed by atoms with van der Waals surface area (Å²) >= 11 is 0. The second-order valence-electron chi connectivity index (χ2n) is 6.85. The average molecular weight is 408 g/mol. The van der Waals surface area contributed by atoms with Crippen molar-refractivity contribution in [2.24, 2.45) is 0 Å². The van der Waals surface area contributed by atoms with Crippen molar-refractivity contribution in [3.05, 3.63) is 81.6 Å². The Bertz CT molecular complexity index is 1330. The first-order valence-electron chi connectivity index (χ1n) is 9.19. The zero-order valence-corrected chi connectivity index (χ0v) is 16.5. The van der Waals surface area contributed by atoms with E-state index >= 15 is 0 Å². The summed E-state index contributed by atoms with van der Waals surface area (Å²) in [4.78, 5) is 20.1. The molecule has 0 spiro atoms. The summed E-state index contributed by atoms with van der Waals surface area (Å²) < 4.78 is 38.8. The van der Waals surface area contributed by atoms with Gasteiger partial charge in [-0.25, -0.2) is 13.8 Å². The molecule has 0 unspecified atom stereocenters. The monoisotopic (exact) mass is 408 g/mol. The number of nitrogens with zero attached hydrogens (tertiary/aromatic N) is 1. The van der Waals surface area contributed by atoms with Gasteiger partial charge in [0.05, 0.1) is 23.9 Å². The zero-order valence-electron chi connectivity index (χ0n) is 16.5. The second-order valence-corrected chi connectivity index (χ2v) is 6.85. The number of para-hydroxylation sites is 1. The van der Waals surface area contributed by atoms with Crippen LogP contribution in [0.3, 0.4) is 0 Å². The SMILES string of the molecule is COc1c(-c2cc3ccccc3nc2Oc2ccc(F)c(F)c2C)[nH]c(C)cc1=O. The topological polar surface area (TPSA) is 64.2 Å². The number of fused-ring (bicyclic) bond motifs is 1. The normalized spacial score (nSPS) is 11.0. The predicted octanol–water partition coefficient (Wildman–Crippen LogP) is 5.29. The molecule has 0 aliphatic heterocycles. The number of nitrogens with one attached hydrogen (secondary N) is 1. The lowest BCUT2D eigenvalue weighted by atomic mass is 10.1. The molecular weight excluding hydrogens is 390 g/mol. The summed E-state index contributed by atoms with van der Waals surface area (Å²) in [6.45, 7) is 3.17. The van der Waals surface area contributed by atoms with Crippen LogP contribution in [0, 0.1) is 25.5 Å². The van der Waals surface area contributed by atoms with Crippen LogP contribution in [0.25, 0.3) is 22.2 Å². The number of benzene rings is 2. The van der Waals surface area contributed by atoms with E-state index in [0.29, 0.717) is 22.5 Å². The van der Waals surface area contributed by atoms with Gasteiger partial charge in [0.15, 0.2) is 17.4 Å². The second kappa shape index (κ2) is 7.59. The number of aryl methyl sites for hydroxylation is 1. The fraction of sp³-hybridized carbons (Fsp3) is 0.130. The Morgan fingerprint density at radius 2 is 1.80 bits per heavy atom. The van der Waals surface area contributed by atoms with Gasteiger partial charge in [0, 0.05) is 22.7 Å². The number of H-pyrrole nitrogens is 1. The van der Waals surface area contributed by atoms with E-state index in [4.69, 9.17) is 9.47 Å². The number of aromatic nitrogens is 2. The molecule has 0 saturated carbocycles. The van der Waals surface area contributed by atoms with E-state index in [1.807, 2.05) is 18.2 Å². The minimum absolute atomic E-state index is 0.0145. The van der Waals surface area contributed by atoms with Crippen molar-refractivity contribution in [2.45, 2.75) is 13.8 Å². The van der Waals surface area contributed by atoms with E-state index in [0.717, 1.165) is 11.5 Å². The zero-order chi connectivity index (χ0) is 21.4. The third-order valence-electron chi connectivity index (χ3n) is 4.78. The summed E-state index contributed by atoms with van der Waals surface area (Å²) in [5, 5.41) is 0.811. The molecule has 4 rings (SSSR count). The maximum Gasteiger partial charge on any atom is 0.229 e. The molecule has 0 atom stereocenters. The van der Waals surface area contributed by atoms with E-state index in [-0.39, 0.29) is 28.4 Å². The highest BCUT2D eigenvalue weighted by Gasteiger charge is 2.20. The van der Waals surface area contributed by atoms with Crippen LogP contribution in [0.2, 0.25) is 0 Å². The van der Waals surface area contributed by atoms with Crippen molar-refractivity contribution < 1.29 is 18.3 Å². The van der Waals surface area contributed by atoms with Gasteiger partial charge in [-0.15, -0.1) is 0 Å². The van der Waals surface area contributed by atoms with E-state index in [1.165, 1.54) is 26.2 Å². The van der Waals surface area contributed by atoms with Gasteiger partial charge in [0.25, 0.3) is 0 Å². The van der Waals surface area contributed by atoms with E-state index in [9.17, 15) is 13.6 Å². The van der Waals surface area contributed by atoms with Gasteiger partial charge in [-0.1, -0.05) is 18.2 Å². The third-order valence-corrected chi connectivity index (χ3v) is 4.78. The molecule has 0 fully saturated rings. The number of rotatable bonds is 4. The molecule has 2 heterocycles. The summed E-state index contributed by atoms with van der Waals surface area (Å²) in [7, 11) is 1.40. The Balaban J connectivity index is 1.99. The van der Waals surface area contributed by atoms with Crippen molar-refractivity contribution in [2.75, 3.05) is 7.11 Å². The highest BCUT2D eigenvalue weighted by molar-refractivity contribution is 5.86. The van der Waals surface area contributed by atoms with Crippen molar-refractivity contribution in [3.63, 3.8) is 0 Å². The highest BCUT2D eigenvalue weighted by atomic mass is 19.2. The number of halogens is 2. The minimum Gasteiger partial charge on any atom is -0.491 e. The van der Waals surface area contributed by atoms with Crippen LogP contribution in [0.1, 0.15) is 11.3 Å². The Morgan fingerprint density at radius 1 is 1.03 bits per heavy atom. The summed E-state index contributed by atoms with van der Waals surface area (Å²) in [5.41, 5.74) is 1.82. The Labute approximate surface area is 170 Å². The summed E-state index contributed by atoms with van der Waals surface area (Å²) in [6.07, 6.45) is 0. The third kappa shape index (κ3) is 3.39. The van der Waals surface area contributed by atoms with Crippen molar-refractivity contribution >= 4 is 10.9 Å². The Hall–Kier alpha value is -3.74. The maximum atomic E-state index is 14.1. The first-order chi connectivity index (χ1) is 14.4. The van der Waals surface area contributed by atoms with Gasteiger partial charge in [0.2, 0.25) is 11.3 Å².